The summed E-state index contributed by atoms with van der Waals surface area (Å²) in [6, 6.07) is 0.205. The van der Waals surface area contributed by atoms with Crippen LogP contribution in [-0.4, -0.2) is 36.1 Å². The molecule has 98 valence electrons. The van der Waals surface area contributed by atoms with Crippen LogP contribution in [0, 0.1) is 5.92 Å². The van der Waals surface area contributed by atoms with E-state index in [4.69, 9.17) is 18.0 Å². The zero-order chi connectivity index (χ0) is 12.5. The van der Waals surface area contributed by atoms with Crippen LogP contribution in [0.2, 0.25) is 0 Å². The monoisotopic (exact) mass is 276 g/mol. The van der Waals surface area contributed by atoms with Gasteiger partial charge in [-0.3, -0.25) is 0 Å². The van der Waals surface area contributed by atoms with Gasteiger partial charge in [-0.25, -0.2) is 8.42 Å². The maximum atomic E-state index is 12.2. The Hall–Kier alpha value is -0.200. The summed E-state index contributed by atoms with van der Waals surface area (Å²) in [6.45, 7) is 0.645. The third-order valence-corrected chi connectivity index (χ3v) is 6.05. The Bertz CT molecular complexity index is 392. The zero-order valence-electron chi connectivity index (χ0n) is 9.97. The van der Waals surface area contributed by atoms with Gasteiger partial charge in [0.15, 0.2) is 0 Å². The number of thiocarbonyl (C=S) groups is 1. The summed E-state index contributed by atoms with van der Waals surface area (Å²) in [6.07, 6.45) is 6.69. The van der Waals surface area contributed by atoms with Gasteiger partial charge in [0.25, 0.3) is 0 Å². The fourth-order valence-electron chi connectivity index (χ4n) is 3.19. The lowest BCUT2D eigenvalue weighted by molar-refractivity contribution is 0.129. The molecule has 2 rings (SSSR count). The molecule has 2 aliphatic rings. The van der Waals surface area contributed by atoms with Crippen molar-refractivity contribution in [3.05, 3.63) is 0 Å². The first-order chi connectivity index (χ1) is 8.00. The van der Waals surface area contributed by atoms with E-state index >= 15 is 0 Å². The molecular formula is C11H20N2O2S2. The molecule has 0 spiro atoms. The number of fused-ring (bicyclic) bond motifs is 1. The normalized spacial score (nSPS) is 30.8. The van der Waals surface area contributed by atoms with Gasteiger partial charge in [0.05, 0.1) is 4.99 Å². The number of piperidine rings is 1. The summed E-state index contributed by atoms with van der Waals surface area (Å²) in [5.41, 5.74) is 5.38. The van der Waals surface area contributed by atoms with Gasteiger partial charge in [-0.2, -0.15) is 4.31 Å². The molecule has 1 aliphatic heterocycles. The summed E-state index contributed by atoms with van der Waals surface area (Å²) in [5.74, 6) is 0.379. The van der Waals surface area contributed by atoms with Crippen LogP contribution in [0.15, 0.2) is 0 Å². The second kappa shape index (κ2) is 5.20. The predicted octanol–water partition coefficient (Wildman–Crippen LogP) is 1.26. The molecule has 0 bridgehead atoms. The molecule has 0 aromatic heterocycles. The Kier molecular flexibility index (Phi) is 4.05. The van der Waals surface area contributed by atoms with Gasteiger partial charge in [-0.05, 0) is 31.6 Å². The quantitative estimate of drug-likeness (QED) is 0.788. The van der Waals surface area contributed by atoms with E-state index in [1.165, 1.54) is 19.3 Å². The Labute approximate surface area is 109 Å². The summed E-state index contributed by atoms with van der Waals surface area (Å²) >= 11 is 4.73. The number of nitrogens with zero attached hydrogens (tertiary/aromatic N) is 1. The summed E-state index contributed by atoms with van der Waals surface area (Å²) in [7, 11) is -3.29. The summed E-state index contributed by atoms with van der Waals surface area (Å²) in [4.78, 5) is 0.0722. The minimum atomic E-state index is -3.29. The van der Waals surface area contributed by atoms with E-state index in [-0.39, 0.29) is 16.8 Å². The molecule has 0 amide bonds. The molecule has 1 heterocycles. The SMILES string of the molecule is NC(=S)CS(=O)(=O)N1CCCC2CCCCC21. The van der Waals surface area contributed by atoms with E-state index in [9.17, 15) is 8.42 Å². The number of sulfonamides is 1. The largest absolute Gasteiger partial charge is 0.392 e. The van der Waals surface area contributed by atoms with Crippen molar-refractivity contribution in [1.82, 2.24) is 4.31 Å². The van der Waals surface area contributed by atoms with Crippen LogP contribution in [0.25, 0.3) is 0 Å². The highest BCUT2D eigenvalue weighted by Gasteiger charge is 2.39. The molecule has 6 heteroatoms. The van der Waals surface area contributed by atoms with Gasteiger partial charge in [-0.15, -0.1) is 0 Å². The van der Waals surface area contributed by atoms with Crippen LogP contribution in [0.1, 0.15) is 38.5 Å². The Morgan fingerprint density at radius 3 is 2.59 bits per heavy atom. The lowest BCUT2D eigenvalue weighted by Gasteiger charge is -2.43. The number of hydrogen-bond acceptors (Lipinski definition) is 3. The van der Waals surface area contributed by atoms with E-state index in [2.05, 4.69) is 0 Å². The average molecular weight is 276 g/mol. The molecule has 2 fully saturated rings. The highest BCUT2D eigenvalue weighted by molar-refractivity contribution is 7.92. The van der Waals surface area contributed by atoms with Gasteiger partial charge in [0, 0.05) is 12.6 Å². The van der Waals surface area contributed by atoms with Gasteiger partial charge in [0.1, 0.15) is 5.75 Å². The van der Waals surface area contributed by atoms with Crippen molar-refractivity contribution >= 4 is 27.2 Å². The number of nitrogens with two attached hydrogens (primary N) is 1. The third kappa shape index (κ3) is 2.98. The lowest BCUT2D eigenvalue weighted by atomic mass is 9.79. The molecule has 4 nitrogen and oxygen atoms in total. The van der Waals surface area contributed by atoms with Crippen molar-refractivity contribution in [3.63, 3.8) is 0 Å². The standard InChI is InChI=1S/C11H20N2O2S2/c12-11(16)8-17(14,15)13-7-3-5-9-4-1-2-6-10(9)13/h9-10H,1-8H2,(H2,12,16). The fourth-order valence-corrected chi connectivity index (χ4v) is 5.26. The molecule has 0 radical (unpaired) electrons. The summed E-state index contributed by atoms with van der Waals surface area (Å²) in [5, 5.41) is 0. The van der Waals surface area contributed by atoms with Crippen molar-refractivity contribution in [2.45, 2.75) is 44.6 Å². The van der Waals surface area contributed by atoms with E-state index in [1.54, 1.807) is 4.31 Å². The maximum Gasteiger partial charge on any atom is 0.220 e. The second-order valence-corrected chi connectivity index (χ2v) is 7.53. The molecule has 0 aromatic carbocycles. The summed E-state index contributed by atoms with van der Waals surface area (Å²) < 4.78 is 26.1. The first kappa shape index (κ1) is 13.2. The first-order valence-corrected chi connectivity index (χ1v) is 8.30. The third-order valence-electron chi connectivity index (χ3n) is 3.87. The van der Waals surface area contributed by atoms with Crippen LogP contribution in [-0.2, 0) is 10.0 Å². The van der Waals surface area contributed by atoms with Gasteiger partial charge in [0.2, 0.25) is 10.0 Å². The van der Waals surface area contributed by atoms with Crippen LogP contribution in [0.5, 0.6) is 0 Å². The van der Waals surface area contributed by atoms with Crippen LogP contribution in [0.4, 0.5) is 0 Å². The van der Waals surface area contributed by atoms with E-state index < -0.39 is 10.0 Å². The van der Waals surface area contributed by atoms with Crippen molar-refractivity contribution < 1.29 is 8.42 Å². The molecule has 2 atom stereocenters. The van der Waals surface area contributed by atoms with Gasteiger partial charge < -0.3 is 5.73 Å². The van der Waals surface area contributed by atoms with Crippen molar-refractivity contribution in [1.29, 1.82) is 0 Å². The van der Waals surface area contributed by atoms with Crippen molar-refractivity contribution in [2.75, 3.05) is 12.3 Å². The number of hydrogen-bond donors (Lipinski definition) is 1. The minimum absolute atomic E-state index is 0.0722. The van der Waals surface area contributed by atoms with E-state index in [0.29, 0.717) is 12.5 Å². The molecule has 1 saturated heterocycles. The Morgan fingerprint density at radius 2 is 1.88 bits per heavy atom. The average Bonchev–Trinajstić information content (AvgIpc) is 2.26. The predicted molar refractivity (Wildman–Crippen MR) is 72.3 cm³/mol. The highest BCUT2D eigenvalue weighted by atomic mass is 32.2. The van der Waals surface area contributed by atoms with Gasteiger partial charge in [-0.1, -0.05) is 25.1 Å². The number of rotatable bonds is 3. The fraction of sp³-hybridized carbons (Fsp3) is 0.909. The molecule has 1 aliphatic carbocycles. The van der Waals surface area contributed by atoms with Crippen LogP contribution >= 0.6 is 12.2 Å². The molecule has 1 saturated carbocycles. The molecule has 2 unspecified atom stereocenters. The molecule has 2 N–H and O–H groups in total. The van der Waals surface area contributed by atoms with E-state index in [0.717, 1.165) is 19.3 Å². The molecule has 0 aromatic rings. The topological polar surface area (TPSA) is 63.4 Å². The lowest BCUT2D eigenvalue weighted by Crippen LogP contribution is -2.51. The first-order valence-electron chi connectivity index (χ1n) is 6.28. The van der Waals surface area contributed by atoms with Crippen molar-refractivity contribution in [3.8, 4) is 0 Å². The van der Waals surface area contributed by atoms with Gasteiger partial charge >= 0.3 is 0 Å². The smallest absolute Gasteiger partial charge is 0.220 e. The minimum Gasteiger partial charge on any atom is -0.392 e. The Morgan fingerprint density at radius 1 is 1.24 bits per heavy atom. The molecule has 17 heavy (non-hydrogen) atoms. The second-order valence-electron chi connectivity index (χ2n) is 5.09. The zero-order valence-corrected chi connectivity index (χ0v) is 11.6. The Balaban J connectivity index is 2.15. The van der Waals surface area contributed by atoms with E-state index in [1.807, 2.05) is 0 Å². The maximum absolute atomic E-state index is 12.2. The highest BCUT2D eigenvalue weighted by Crippen LogP contribution is 2.36. The van der Waals surface area contributed by atoms with Crippen LogP contribution < -0.4 is 5.73 Å². The molecular weight excluding hydrogens is 256 g/mol. The van der Waals surface area contributed by atoms with Crippen LogP contribution in [0.3, 0.4) is 0 Å². The van der Waals surface area contributed by atoms with Crippen molar-refractivity contribution in [2.24, 2.45) is 11.7 Å².